The number of fused-ring (bicyclic) bond motifs is 1. The Morgan fingerprint density at radius 1 is 1.16 bits per heavy atom. The van der Waals surface area contributed by atoms with Gasteiger partial charge in [0, 0.05) is 30.6 Å². The first-order valence-electron chi connectivity index (χ1n) is 10.8. The molecule has 32 heavy (non-hydrogen) atoms. The summed E-state index contributed by atoms with van der Waals surface area (Å²) in [6.45, 7) is 4.84. The summed E-state index contributed by atoms with van der Waals surface area (Å²) in [5, 5.41) is 7.05. The molecule has 0 aliphatic carbocycles. The van der Waals surface area contributed by atoms with Crippen LogP contribution in [-0.2, 0) is 16.0 Å². The van der Waals surface area contributed by atoms with Crippen LogP contribution in [0.3, 0.4) is 0 Å². The fraction of sp³-hybridized carbons (Fsp3) is 0.375. The molecule has 3 rings (SSSR count). The third-order valence-corrected chi connectivity index (χ3v) is 4.78. The van der Waals surface area contributed by atoms with Crippen LogP contribution in [0.15, 0.2) is 47.6 Å². The van der Waals surface area contributed by atoms with Crippen molar-refractivity contribution in [3.05, 3.63) is 59.2 Å². The van der Waals surface area contributed by atoms with Gasteiger partial charge in [-0.25, -0.2) is 0 Å². The maximum absolute atomic E-state index is 12.6. The molecule has 1 heterocycles. The summed E-state index contributed by atoms with van der Waals surface area (Å²) in [7, 11) is 0. The minimum Gasteiger partial charge on any atom is -0.454 e. The monoisotopic (exact) mass is 459 g/mol. The number of ether oxygens (including phenoxy) is 2. The van der Waals surface area contributed by atoms with E-state index in [0.717, 1.165) is 30.5 Å². The van der Waals surface area contributed by atoms with Crippen LogP contribution >= 0.6 is 12.4 Å². The molecule has 0 saturated carbocycles. The van der Waals surface area contributed by atoms with Gasteiger partial charge in [-0.1, -0.05) is 26.0 Å². The van der Waals surface area contributed by atoms with Crippen LogP contribution in [0, 0.1) is 0 Å². The number of benzene rings is 2. The molecule has 8 heteroatoms. The van der Waals surface area contributed by atoms with Gasteiger partial charge < -0.3 is 20.2 Å². The van der Waals surface area contributed by atoms with E-state index in [1.807, 2.05) is 25.1 Å². The van der Waals surface area contributed by atoms with Crippen molar-refractivity contribution in [1.29, 1.82) is 0 Å². The van der Waals surface area contributed by atoms with Gasteiger partial charge in [0.25, 0.3) is 5.91 Å². The molecular weight excluding hydrogens is 430 g/mol. The number of hydrogen-bond acceptors (Lipinski definition) is 6. The van der Waals surface area contributed by atoms with Crippen molar-refractivity contribution in [2.24, 2.45) is 5.10 Å². The highest BCUT2D eigenvalue weighted by atomic mass is 35.5. The van der Waals surface area contributed by atoms with Crippen LogP contribution in [-0.4, -0.2) is 30.9 Å². The molecule has 0 aromatic heterocycles. The average Bonchev–Trinajstić information content (AvgIpc) is 2.77. The SMILES string of the molecule is CCCNN=Cc1ccc(C(=O)Nc2ccc3c(c2)CCC(OC(=O)CCC)O3)cc1.Cl. The Morgan fingerprint density at radius 3 is 2.66 bits per heavy atom. The van der Waals surface area contributed by atoms with E-state index in [2.05, 4.69) is 22.8 Å². The lowest BCUT2D eigenvalue weighted by molar-refractivity contribution is -0.165. The fourth-order valence-corrected chi connectivity index (χ4v) is 3.15. The third-order valence-electron chi connectivity index (χ3n) is 4.78. The number of carbonyl (C=O) groups excluding carboxylic acids is 2. The van der Waals surface area contributed by atoms with E-state index in [0.29, 0.717) is 36.3 Å². The van der Waals surface area contributed by atoms with Gasteiger partial charge in [0.1, 0.15) is 5.75 Å². The summed E-state index contributed by atoms with van der Waals surface area (Å²) in [5.74, 6) is 0.254. The maximum Gasteiger partial charge on any atom is 0.308 e. The van der Waals surface area contributed by atoms with Gasteiger partial charge in [0.05, 0.1) is 6.21 Å². The highest BCUT2D eigenvalue weighted by Gasteiger charge is 2.23. The molecule has 1 aliphatic heterocycles. The molecule has 1 aliphatic rings. The lowest BCUT2D eigenvalue weighted by Gasteiger charge is -2.26. The Labute approximate surface area is 195 Å². The number of hydrogen-bond donors (Lipinski definition) is 2. The molecule has 1 amide bonds. The maximum atomic E-state index is 12.6. The predicted molar refractivity (Wildman–Crippen MR) is 128 cm³/mol. The third kappa shape index (κ3) is 7.27. The number of carbonyl (C=O) groups is 2. The van der Waals surface area contributed by atoms with Crippen LogP contribution in [0.4, 0.5) is 5.69 Å². The molecular formula is C24H30ClN3O4. The van der Waals surface area contributed by atoms with Crippen molar-refractivity contribution >= 4 is 36.2 Å². The Morgan fingerprint density at radius 2 is 1.94 bits per heavy atom. The van der Waals surface area contributed by atoms with Crippen LogP contribution in [0.2, 0.25) is 0 Å². The Hall–Kier alpha value is -3.06. The molecule has 1 atom stereocenters. The first-order valence-corrected chi connectivity index (χ1v) is 10.8. The molecule has 0 saturated heterocycles. The Balaban J connectivity index is 0.00000363. The van der Waals surface area contributed by atoms with E-state index in [1.165, 1.54) is 0 Å². The normalized spacial score (nSPS) is 14.6. The van der Waals surface area contributed by atoms with Crippen molar-refractivity contribution in [3.8, 4) is 5.75 Å². The summed E-state index contributed by atoms with van der Waals surface area (Å²) >= 11 is 0. The lowest BCUT2D eigenvalue weighted by Crippen LogP contribution is -2.28. The van der Waals surface area contributed by atoms with Gasteiger partial charge in [0.2, 0.25) is 6.29 Å². The zero-order valence-corrected chi connectivity index (χ0v) is 19.2. The summed E-state index contributed by atoms with van der Waals surface area (Å²) in [4.78, 5) is 24.3. The molecule has 0 fully saturated rings. The number of esters is 1. The molecule has 2 aromatic carbocycles. The van der Waals surface area contributed by atoms with E-state index in [4.69, 9.17) is 9.47 Å². The first kappa shape index (κ1) is 25.2. The molecule has 172 valence electrons. The average molecular weight is 460 g/mol. The minimum absolute atomic E-state index is 0. The minimum atomic E-state index is -0.550. The van der Waals surface area contributed by atoms with E-state index in [1.54, 1.807) is 30.5 Å². The van der Waals surface area contributed by atoms with Crippen molar-refractivity contribution in [1.82, 2.24) is 5.43 Å². The van der Waals surface area contributed by atoms with Crippen LogP contribution in [0.1, 0.15) is 61.0 Å². The number of hydrazone groups is 1. The van der Waals surface area contributed by atoms with Gasteiger partial charge in [-0.3, -0.25) is 9.59 Å². The number of nitrogens with zero attached hydrogens (tertiary/aromatic N) is 1. The number of nitrogens with one attached hydrogen (secondary N) is 2. The molecule has 0 radical (unpaired) electrons. The first-order chi connectivity index (χ1) is 15.1. The van der Waals surface area contributed by atoms with Gasteiger partial charge in [0.15, 0.2) is 0 Å². The van der Waals surface area contributed by atoms with E-state index < -0.39 is 6.29 Å². The molecule has 7 nitrogen and oxygen atoms in total. The molecule has 2 aromatic rings. The zero-order chi connectivity index (χ0) is 22.1. The van der Waals surface area contributed by atoms with Crippen LogP contribution in [0.5, 0.6) is 5.75 Å². The van der Waals surface area contributed by atoms with E-state index in [9.17, 15) is 9.59 Å². The number of anilines is 1. The number of rotatable bonds is 9. The summed E-state index contributed by atoms with van der Waals surface area (Å²) in [6, 6.07) is 12.7. The van der Waals surface area contributed by atoms with Gasteiger partial charge in [-0.2, -0.15) is 5.10 Å². The summed E-state index contributed by atoms with van der Waals surface area (Å²) in [6.07, 6.45) is 4.63. The van der Waals surface area contributed by atoms with Gasteiger partial charge >= 0.3 is 5.97 Å². The van der Waals surface area contributed by atoms with Gasteiger partial charge in [-0.05, 0) is 60.7 Å². The summed E-state index contributed by atoms with van der Waals surface area (Å²) < 4.78 is 11.1. The highest BCUT2D eigenvalue weighted by Crippen LogP contribution is 2.30. The second kappa shape index (κ2) is 12.7. The fourth-order valence-electron chi connectivity index (χ4n) is 3.15. The number of amides is 1. The molecule has 2 N–H and O–H groups in total. The van der Waals surface area contributed by atoms with Crippen molar-refractivity contribution in [3.63, 3.8) is 0 Å². The standard InChI is InChI=1S/C24H29N3O4.ClH/c1-3-5-22(28)31-23-13-10-19-15-20(11-12-21(19)30-23)27-24(29)18-8-6-17(7-9-18)16-26-25-14-4-2;/h6-9,11-12,15-16,23,25H,3-5,10,13-14H2,1-2H3,(H,27,29);1H. The Kier molecular flexibility index (Phi) is 10.0. The molecule has 0 bridgehead atoms. The lowest BCUT2D eigenvalue weighted by atomic mass is 10.0. The van der Waals surface area contributed by atoms with Crippen LogP contribution in [0.25, 0.3) is 0 Å². The van der Waals surface area contributed by atoms with Crippen LogP contribution < -0.4 is 15.5 Å². The number of aryl methyl sites for hydroxylation is 1. The Bertz CT molecular complexity index is 931. The second-order valence-electron chi connectivity index (χ2n) is 7.39. The zero-order valence-electron chi connectivity index (χ0n) is 18.4. The van der Waals surface area contributed by atoms with Crippen molar-refractivity contribution < 1.29 is 19.1 Å². The second-order valence-corrected chi connectivity index (χ2v) is 7.39. The number of halogens is 1. The predicted octanol–water partition coefficient (Wildman–Crippen LogP) is 4.69. The summed E-state index contributed by atoms with van der Waals surface area (Å²) in [5.41, 5.74) is 6.11. The molecule has 0 spiro atoms. The van der Waals surface area contributed by atoms with E-state index >= 15 is 0 Å². The largest absolute Gasteiger partial charge is 0.454 e. The van der Waals surface area contributed by atoms with Crippen molar-refractivity contribution in [2.75, 3.05) is 11.9 Å². The smallest absolute Gasteiger partial charge is 0.308 e. The quantitative estimate of drug-likeness (QED) is 0.246. The van der Waals surface area contributed by atoms with E-state index in [-0.39, 0.29) is 24.3 Å². The topological polar surface area (TPSA) is 89.0 Å². The van der Waals surface area contributed by atoms with Gasteiger partial charge in [-0.15, -0.1) is 12.4 Å². The molecule has 1 unspecified atom stereocenters. The van der Waals surface area contributed by atoms with Crippen molar-refractivity contribution in [2.45, 2.75) is 52.2 Å². The highest BCUT2D eigenvalue weighted by molar-refractivity contribution is 6.04.